The lowest BCUT2D eigenvalue weighted by Gasteiger charge is -2.22. The van der Waals surface area contributed by atoms with Crippen molar-refractivity contribution in [3.8, 4) is 0 Å². The molecule has 2 N–H and O–H groups in total. The Morgan fingerprint density at radius 3 is 2.54 bits per heavy atom. The molecule has 1 heterocycles. The third-order valence-electron chi connectivity index (χ3n) is 4.24. The van der Waals surface area contributed by atoms with Gasteiger partial charge in [0, 0.05) is 37.7 Å². The molecule has 0 saturated carbocycles. The van der Waals surface area contributed by atoms with Gasteiger partial charge in [0.05, 0.1) is 0 Å². The van der Waals surface area contributed by atoms with Crippen LogP contribution < -0.4 is 5.32 Å². The number of carbonyl (C=O) groups is 1. The van der Waals surface area contributed by atoms with Gasteiger partial charge in [0.1, 0.15) is 6.04 Å². The van der Waals surface area contributed by atoms with Gasteiger partial charge in [0.25, 0.3) is 0 Å². The Hall–Kier alpha value is -2.59. The van der Waals surface area contributed by atoms with E-state index in [0.29, 0.717) is 0 Å². The highest BCUT2D eigenvalue weighted by Gasteiger charge is 2.21. The minimum absolute atomic E-state index is 0.0696. The molecule has 0 radical (unpaired) electrons. The van der Waals surface area contributed by atoms with Crippen molar-refractivity contribution < 1.29 is 4.79 Å². The Bertz CT molecular complexity index is 808. The maximum Gasteiger partial charge on any atom is 0.243 e. The second kappa shape index (κ2) is 7.32. The number of aromatic amines is 1. The fourth-order valence-corrected chi connectivity index (χ4v) is 2.94. The molecule has 1 aromatic heterocycles. The quantitative estimate of drug-likeness (QED) is 0.733. The highest BCUT2D eigenvalue weighted by Crippen LogP contribution is 2.19. The third-order valence-corrected chi connectivity index (χ3v) is 4.24. The van der Waals surface area contributed by atoms with Gasteiger partial charge in [0.2, 0.25) is 5.91 Å². The zero-order valence-corrected chi connectivity index (χ0v) is 14.1. The van der Waals surface area contributed by atoms with Crippen LogP contribution in [0.2, 0.25) is 0 Å². The predicted molar refractivity (Wildman–Crippen MR) is 97.9 cm³/mol. The van der Waals surface area contributed by atoms with Crippen LogP contribution in [0.25, 0.3) is 10.9 Å². The number of carbonyl (C=O) groups excluding carboxylic acids is 1. The summed E-state index contributed by atoms with van der Waals surface area (Å²) in [5.74, 6) is 0.0696. The van der Waals surface area contributed by atoms with E-state index in [9.17, 15) is 4.79 Å². The Kier molecular flexibility index (Phi) is 4.96. The molecule has 2 aromatic carbocycles. The second-order valence-corrected chi connectivity index (χ2v) is 6.14. The summed E-state index contributed by atoms with van der Waals surface area (Å²) in [7, 11) is 3.58. The number of hydrogen-bond acceptors (Lipinski definition) is 2. The average Bonchev–Trinajstić information content (AvgIpc) is 3.02. The summed E-state index contributed by atoms with van der Waals surface area (Å²) in [6.45, 7) is 0.737. The van der Waals surface area contributed by atoms with Gasteiger partial charge in [-0.15, -0.1) is 0 Å². The second-order valence-electron chi connectivity index (χ2n) is 6.14. The molecule has 0 aliphatic heterocycles. The molecule has 24 heavy (non-hydrogen) atoms. The van der Waals surface area contributed by atoms with E-state index in [1.165, 1.54) is 10.9 Å². The molecular formula is C20H23N3O. The van der Waals surface area contributed by atoms with Crippen molar-refractivity contribution >= 4 is 16.8 Å². The number of rotatable bonds is 6. The molecule has 4 heteroatoms. The highest BCUT2D eigenvalue weighted by molar-refractivity contribution is 5.83. The van der Waals surface area contributed by atoms with Crippen molar-refractivity contribution in [1.29, 1.82) is 0 Å². The van der Waals surface area contributed by atoms with Crippen molar-refractivity contribution in [1.82, 2.24) is 15.2 Å². The first-order chi connectivity index (χ1) is 11.7. The van der Waals surface area contributed by atoms with Crippen molar-refractivity contribution in [2.75, 3.05) is 20.6 Å². The summed E-state index contributed by atoms with van der Waals surface area (Å²) >= 11 is 0. The van der Waals surface area contributed by atoms with Gasteiger partial charge in [-0.25, -0.2) is 0 Å². The molecule has 0 spiro atoms. The fraction of sp³-hybridized carbons (Fsp3) is 0.250. The number of para-hydroxylation sites is 1. The van der Waals surface area contributed by atoms with Gasteiger partial charge in [0.15, 0.2) is 0 Å². The molecule has 0 unspecified atom stereocenters. The van der Waals surface area contributed by atoms with E-state index in [4.69, 9.17) is 0 Å². The summed E-state index contributed by atoms with van der Waals surface area (Å²) in [4.78, 5) is 17.4. The average molecular weight is 321 g/mol. The lowest BCUT2D eigenvalue weighted by atomic mass is 10.0. The van der Waals surface area contributed by atoms with Crippen LogP contribution in [0.5, 0.6) is 0 Å². The molecule has 4 nitrogen and oxygen atoms in total. The Balaban J connectivity index is 1.71. The van der Waals surface area contributed by atoms with Gasteiger partial charge in [-0.2, -0.15) is 0 Å². The zero-order valence-electron chi connectivity index (χ0n) is 14.1. The highest BCUT2D eigenvalue weighted by atomic mass is 16.2. The minimum Gasteiger partial charge on any atom is -0.361 e. The van der Waals surface area contributed by atoms with Crippen LogP contribution in [-0.2, 0) is 11.2 Å². The number of nitrogens with one attached hydrogen (secondary N) is 2. The smallest absolute Gasteiger partial charge is 0.243 e. The molecule has 1 atom stereocenters. The van der Waals surface area contributed by atoms with Crippen LogP contribution in [-0.4, -0.2) is 36.4 Å². The zero-order chi connectivity index (χ0) is 16.9. The number of nitrogens with zero attached hydrogens (tertiary/aromatic N) is 1. The van der Waals surface area contributed by atoms with Crippen LogP contribution in [0.3, 0.4) is 0 Å². The molecule has 0 aliphatic rings. The number of fused-ring (bicyclic) bond motifs is 1. The van der Waals surface area contributed by atoms with Gasteiger partial charge < -0.3 is 15.2 Å². The maximum absolute atomic E-state index is 12.5. The largest absolute Gasteiger partial charge is 0.361 e. The van der Waals surface area contributed by atoms with Crippen molar-refractivity contribution in [2.24, 2.45) is 0 Å². The third kappa shape index (κ3) is 3.49. The van der Waals surface area contributed by atoms with Gasteiger partial charge >= 0.3 is 0 Å². The number of aromatic nitrogens is 1. The van der Waals surface area contributed by atoms with Crippen LogP contribution in [0.1, 0.15) is 17.2 Å². The molecule has 0 fully saturated rings. The predicted octanol–water partition coefficient (Wildman–Crippen LogP) is 3.13. The Morgan fingerprint density at radius 2 is 1.79 bits per heavy atom. The first-order valence-electron chi connectivity index (χ1n) is 8.21. The summed E-state index contributed by atoms with van der Waals surface area (Å²) in [6.07, 6.45) is 2.92. The van der Waals surface area contributed by atoms with E-state index in [1.54, 1.807) is 19.0 Å². The number of likely N-dealkylation sites (N-methyl/N-ethyl adjacent to an activating group) is 1. The van der Waals surface area contributed by atoms with Gasteiger partial charge in [-0.3, -0.25) is 4.79 Å². The first-order valence-corrected chi connectivity index (χ1v) is 8.21. The first kappa shape index (κ1) is 16.3. The van der Waals surface area contributed by atoms with E-state index < -0.39 is 0 Å². The van der Waals surface area contributed by atoms with Crippen LogP contribution in [0.15, 0.2) is 60.8 Å². The Labute approximate surface area is 142 Å². The van der Waals surface area contributed by atoms with Crippen molar-refractivity contribution in [3.05, 3.63) is 71.9 Å². The molecule has 3 aromatic rings. The van der Waals surface area contributed by atoms with Crippen molar-refractivity contribution in [3.63, 3.8) is 0 Å². The minimum atomic E-state index is -0.314. The number of H-pyrrole nitrogens is 1. The van der Waals surface area contributed by atoms with Crippen LogP contribution in [0.4, 0.5) is 0 Å². The molecule has 124 valence electrons. The van der Waals surface area contributed by atoms with Gasteiger partial charge in [-0.05, 0) is 23.6 Å². The maximum atomic E-state index is 12.5. The van der Waals surface area contributed by atoms with E-state index >= 15 is 0 Å². The van der Waals surface area contributed by atoms with E-state index in [1.807, 2.05) is 36.4 Å². The summed E-state index contributed by atoms with van der Waals surface area (Å²) < 4.78 is 0. The molecular weight excluding hydrogens is 298 g/mol. The number of benzene rings is 2. The van der Waals surface area contributed by atoms with Crippen LogP contribution >= 0.6 is 0 Å². The standard InChI is InChI=1S/C20H23N3O/c1-23(2)20(24)19(15-8-4-3-5-9-15)21-13-12-16-14-22-18-11-7-6-10-17(16)18/h3-11,14,19,21-22H,12-13H2,1-2H3/t19-/m1/s1. The van der Waals surface area contributed by atoms with E-state index in [2.05, 4.69) is 34.7 Å². The molecule has 1 amide bonds. The summed E-state index contributed by atoms with van der Waals surface area (Å²) in [6, 6.07) is 17.8. The molecule has 0 aliphatic carbocycles. The lowest BCUT2D eigenvalue weighted by Crippen LogP contribution is -2.37. The number of hydrogen-bond donors (Lipinski definition) is 2. The Morgan fingerprint density at radius 1 is 1.08 bits per heavy atom. The van der Waals surface area contributed by atoms with Gasteiger partial charge in [-0.1, -0.05) is 48.5 Å². The van der Waals surface area contributed by atoms with Crippen molar-refractivity contribution in [2.45, 2.75) is 12.5 Å². The molecule has 0 saturated heterocycles. The summed E-state index contributed by atoms with van der Waals surface area (Å²) in [5, 5.41) is 4.66. The van der Waals surface area contributed by atoms with Crippen LogP contribution in [0, 0.1) is 0 Å². The fourth-order valence-electron chi connectivity index (χ4n) is 2.94. The SMILES string of the molecule is CN(C)C(=O)[C@H](NCCc1c[nH]c2ccccc12)c1ccccc1. The molecule has 3 rings (SSSR count). The normalized spacial score (nSPS) is 12.2. The lowest BCUT2D eigenvalue weighted by molar-refractivity contribution is -0.131. The molecule has 0 bridgehead atoms. The monoisotopic (exact) mass is 321 g/mol. The topological polar surface area (TPSA) is 48.1 Å². The number of amides is 1. The van der Waals surface area contributed by atoms with E-state index in [-0.39, 0.29) is 11.9 Å². The summed E-state index contributed by atoms with van der Waals surface area (Å²) in [5.41, 5.74) is 3.41. The van der Waals surface area contributed by atoms with E-state index in [0.717, 1.165) is 24.0 Å².